The first-order valence-corrected chi connectivity index (χ1v) is 19.4. The molecule has 0 unspecified atom stereocenters. The summed E-state index contributed by atoms with van der Waals surface area (Å²) < 4.78 is 58.4. The van der Waals surface area contributed by atoms with Gasteiger partial charge < -0.3 is 34.2 Å². The summed E-state index contributed by atoms with van der Waals surface area (Å²) in [6.07, 6.45) is 1.66. The number of nitrogens with one attached hydrogen (secondary N) is 1. The van der Waals surface area contributed by atoms with Crippen molar-refractivity contribution in [3.8, 4) is 0 Å². The molecule has 15 heteroatoms. The van der Waals surface area contributed by atoms with Crippen molar-refractivity contribution in [3.05, 3.63) is 11.1 Å². The van der Waals surface area contributed by atoms with Gasteiger partial charge in [-0.2, -0.15) is 13.2 Å². The summed E-state index contributed by atoms with van der Waals surface area (Å²) in [6.45, 7) is 9.69. The SMILES string of the molecule is COC[C@H]1CCCN(C(=O)[C@@H](NC(=O)[C@@H]2CN(c3nc(C(F)(F)F)cs3)CC23CN(C(=O)[C@H]2CC2(C)C)C3)[C@@H](C)OCC23CCC(CC2)OC3)C1. The highest BCUT2D eigenvalue weighted by Gasteiger charge is 2.62. The first-order valence-electron chi connectivity index (χ1n) is 18.5. The molecule has 5 saturated heterocycles. The maximum absolute atomic E-state index is 14.5. The lowest BCUT2D eigenvalue weighted by molar-refractivity contribution is -0.160. The van der Waals surface area contributed by atoms with Crippen LogP contribution >= 0.6 is 11.3 Å². The van der Waals surface area contributed by atoms with E-state index in [0.29, 0.717) is 52.1 Å². The third-order valence-electron chi connectivity index (χ3n) is 12.7. The number of hydrogen-bond acceptors (Lipinski definition) is 9. The summed E-state index contributed by atoms with van der Waals surface area (Å²) in [5.41, 5.74) is -1.82. The molecule has 2 aliphatic carbocycles. The molecular formula is C36H52F3N5O6S. The van der Waals surface area contributed by atoms with Gasteiger partial charge in [-0.05, 0) is 63.2 Å². The van der Waals surface area contributed by atoms with Crippen molar-refractivity contribution in [2.45, 2.75) is 90.1 Å². The zero-order valence-corrected chi connectivity index (χ0v) is 31.0. The predicted octanol–water partition coefficient (Wildman–Crippen LogP) is 4.21. The summed E-state index contributed by atoms with van der Waals surface area (Å²) in [7, 11) is 1.65. The molecule has 51 heavy (non-hydrogen) atoms. The highest BCUT2D eigenvalue weighted by Crippen LogP contribution is 2.55. The third-order valence-corrected chi connectivity index (χ3v) is 13.6. The molecule has 7 fully saturated rings. The molecule has 3 amide bonds. The van der Waals surface area contributed by atoms with Crippen LogP contribution in [-0.2, 0) is 34.8 Å². The number of thiazole rings is 1. The molecule has 5 atom stereocenters. The number of carbonyl (C=O) groups is 3. The second-order valence-corrected chi connectivity index (χ2v) is 17.8. The van der Waals surface area contributed by atoms with Gasteiger partial charge in [-0.1, -0.05) is 13.8 Å². The fraction of sp³-hybridized carbons (Fsp3) is 0.833. The van der Waals surface area contributed by atoms with Gasteiger partial charge in [0.25, 0.3) is 0 Å². The highest BCUT2D eigenvalue weighted by molar-refractivity contribution is 7.13. The molecule has 1 aromatic rings. The number of rotatable bonds is 11. The van der Waals surface area contributed by atoms with Gasteiger partial charge in [0, 0.05) is 68.5 Å². The minimum absolute atomic E-state index is 0.0581. The van der Waals surface area contributed by atoms with E-state index in [9.17, 15) is 27.6 Å². The lowest BCUT2D eigenvalue weighted by atomic mass is 9.70. The first-order chi connectivity index (χ1) is 24.1. The topological polar surface area (TPSA) is 114 Å². The Morgan fingerprint density at radius 2 is 1.82 bits per heavy atom. The van der Waals surface area contributed by atoms with Crippen LogP contribution in [0, 0.1) is 34.0 Å². The van der Waals surface area contributed by atoms with Crippen LogP contribution in [0.3, 0.4) is 0 Å². The average Bonchev–Trinajstić information content (AvgIpc) is 3.42. The average molecular weight is 740 g/mol. The van der Waals surface area contributed by atoms with Crippen LogP contribution in [0.1, 0.15) is 71.4 Å². The van der Waals surface area contributed by atoms with Crippen molar-refractivity contribution in [2.24, 2.45) is 34.0 Å². The number of ether oxygens (including phenoxy) is 3. The number of nitrogens with zero attached hydrogens (tertiary/aromatic N) is 4. The number of fused-ring (bicyclic) bond motifs is 3. The van der Waals surface area contributed by atoms with Gasteiger partial charge in [0.05, 0.1) is 37.9 Å². The number of piperidine rings is 1. The summed E-state index contributed by atoms with van der Waals surface area (Å²) in [5, 5.41) is 4.29. The Kier molecular flexibility index (Phi) is 9.92. The summed E-state index contributed by atoms with van der Waals surface area (Å²) >= 11 is 0.897. The Morgan fingerprint density at radius 3 is 2.43 bits per heavy atom. The van der Waals surface area contributed by atoms with Gasteiger partial charge in [0.2, 0.25) is 17.7 Å². The van der Waals surface area contributed by atoms with Crippen LogP contribution in [0.15, 0.2) is 5.38 Å². The Hall–Kier alpha value is -2.49. The van der Waals surface area contributed by atoms with E-state index in [4.69, 9.17) is 14.2 Å². The van der Waals surface area contributed by atoms with E-state index >= 15 is 0 Å². The molecule has 11 nitrogen and oxygen atoms in total. The lowest BCUT2D eigenvalue weighted by Gasteiger charge is -2.51. The highest BCUT2D eigenvalue weighted by atomic mass is 32.1. The second-order valence-electron chi connectivity index (χ2n) is 17.0. The Morgan fingerprint density at radius 1 is 1.10 bits per heavy atom. The molecule has 8 rings (SSSR count). The monoisotopic (exact) mass is 739 g/mol. The molecule has 1 aromatic heterocycles. The number of aromatic nitrogens is 1. The van der Waals surface area contributed by atoms with E-state index in [1.807, 2.05) is 6.92 Å². The molecule has 1 spiro atoms. The van der Waals surface area contributed by atoms with Gasteiger partial charge in [0.15, 0.2) is 10.8 Å². The maximum atomic E-state index is 14.5. The fourth-order valence-corrected chi connectivity index (χ4v) is 10.0. The van der Waals surface area contributed by atoms with E-state index in [1.54, 1.807) is 21.8 Å². The summed E-state index contributed by atoms with van der Waals surface area (Å²) in [4.78, 5) is 51.4. The molecule has 1 N–H and O–H groups in total. The number of anilines is 1. The maximum Gasteiger partial charge on any atom is 0.434 e. The molecule has 6 heterocycles. The zero-order chi connectivity index (χ0) is 36.3. The number of amides is 3. The fourth-order valence-electron chi connectivity index (χ4n) is 9.18. The summed E-state index contributed by atoms with van der Waals surface area (Å²) in [6, 6.07) is -0.969. The number of alkyl halides is 3. The van der Waals surface area contributed by atoms with E-state index in [0.717, 1.165) is 61.7 Å². The van der Waals surface area contributed by atoms with Crippen LogP contribution in [0.5, 0.6) is 0 Å². The number of methoxy groups -OCH3 is 1. The number of hydrogen-bond donors (Lipinski definition) is 1. The molecule has 2 bridgehead atoms. The van der Waals surface area contributed by atoms with E-state index < -0.39 is 35.3 Å². The Balaban J connectivity index is 1.11. The minimum atomic E-state index is -4.58. The standard InChI is InChI=1S/C36H52F3N5O6S/c1-22(49-20-34-9-7-24(8-10-34)50-21-34)28(31(47)42-11-5-6-23(13-42)15-48-4)41-29(45)26-14-43(32-40-27(16-51-32)36(37,38)39)17-35(26)18-44(19-35)30(46)25-12-33(25,2)3/h16,22-26,28H,5-15,17-21H2,1-4H3,(H,41,45)/t22-,23+,24?,25-,26+,28+,34?/m1/s1. The zero-order valence-electron chi connectivity index (χ0n) is 30.1. The molecule has 7 aliphatic rings. The normalized spacial score (nSPS) is 32.1. The van der Waals surface area contributed by atoms with Crippen molar-refractivity contribution in [1.29, 1.82) is 0 Å². The number of likely N-dealkylation sites (tertiary alicyclic amines) is 2. The molecule has 284 valence electrons. The van der Waals surface area contributed by atoms with Crippen LogP contribution in [0.4, 0.5) is 18.3 Å². The van der Waals surface area contributed by atoms with Crippen molar-refractivity contribution in [2.75, 3.05) is 71.1 Å². The summed E-state index contributed by atoms with van der Waals surface area (Å²) in [5.74, 6) is -1.07. The first kappa shape index (κ1) is 36.9. The van der Waals surface area contributed by atoms with Crippen molar-refractivity contribution in [1.82, 2.24) is 20.1 Å². The van der Waals surface area contributed by atoms with Gasteiger partial charge in [0.1, 0.15) is 6.04 Å². The lowest BCUT2D eigenvalue weighted by Crippen LogP contribution is -2.65. The van der Waals surface area contributed by atoms with Crippen LogP contribution in [-0.4, -0.2) is 117 Å². The minimum Gasteiger partial charge on any atom is -0.384 e. The quantitative estimate of drug-likeness (QED) is 0.360. The van der Waals surface area contributed by atoms with Gasteiger partial charge in [-0.15, -0.1) is 11.3 Å². The van der Waals surface area contributed by atoms with Crippen molar-refractivity contribution < 1.29 is 41.8 Å². The van der Waals surface area contributed by atoms with Gasteiger partial charge in [-0.25, -0.2) is 4.98 Å². The smallest absolute Gasteiger partial charge is 0.384 e. The van der Waals surface area contributed by atoms with E-state index in [2.05, 4.69) is 24.1 Å². The Labute approximate surface area is 301 Å². The van der Waals surface area contributed by atoms with Crippen molar-refractivity contribution >= 4 is 34.2 Å². The third kappa shape index (κ3) is 7.37. The van der Waals surface area contributed by atoms with E-state index in [-0.39, 0.29) is 58.6 Å². The van der Waals surface area contributed by atoms with Crippen molar-refractivity contribution in [3.63, 3.8) is 0 Å². The van der Waals surface area contributed by atoms with Crippen LogP contribution in [0.2, 0.25) is 0 Å². The molecule has 2 saturated carbocycles. The Bertz CT molecular complexity index is 1460. The predicted molar refractivity (Wildman–Crippen MR) is 183 cm³/mol. The van der Waals surface area contributed by atoms with Gasteiger partial charge >= 0.3 is 6.18 Å². The largest absolute Gasteiger partial charge is 0.434 e. The number of halogens is 3. The van der Waals surface area contributed by atoms with Crippen LogP contribution < -0.4 is 10.2 Å². The molecule has 5 aliphatic heterocycles. The second kappa shape index (κ2) is 13.7. The molecule has 0 aromatic carbocycles. The molecule has 0 radical (unpaired) electrons. The van der Waals surface area contributed by atoms with E-state index in [1.165, 1.54) is 0 Å². The molecular weight excluding hydrogens is 687 g/mol. The number of carbonyl (C=O) groups excluding carboxylic acids is 3. The van der Waals surface area contributed by atoms with Crippen LogP contribution in [0.25, 0.3) is 0 Å². The van der Waals surface area contributed by atoms with Gasteiger partial charge in [-0.3, -0.25) is 14.4 Å².